The molecule has 1 amide bonds. The minimum Gasteiger partial charge on any atom is -0.497 e. The van der Waals surface area contributed by atoms with Crippen LogP contribution in [-0.2, 0) is 4.79 Å². The molecule has 1 saturated heterocycles. The SMILES string of the molecule is COc1ccc2c(c1)C(N1CCN(C(=O)CC(C)C)C(C)C1)=Nc1ccccc1O2. The van der Waals surface area contributed by atoms with E-state index in [1.807, 2.05) is 47.4 Å². The molecule has 0 bridgehead atoms. The first kappa shape index (κ1) is 20.3. The Morgan fingerprint density at radius 2 is 2.00 bits per heavy atom. The zero-order valence-electron chi connectivity index (χ0n) is 18.1. The third-order valence-electron chi connectivity index (χ3n) is 5.57. The van der Waals surface area contributed by atoms with Crippen LogP contribution in [0.4, 0.5) is 5.69 Å². The van der Waals surface area contributed by atoms with Gasteiger partial charge in [0.2, 0.25) is 5.91 Å². The van der Waals surface area contributed by atoms with Gasteiger partial charge >= 0.3 is 0 Å². The van der Waals surface area contributed by atoms with Crippen LogP contribution in [0.3, 0.4) is 0 Å². The Morgan fingerprint density at radius 1 is 1.20 bits per heavy atom. The lowest BCUT2D eigenvalue weighted by Crippen LogP contribution is -2.55. The van der Waals surface area contributed by atoms with Crippen LogP contribution >= 0.6 is 0 Å². The highest BCUT2D eigenvalue weighted by Crippen LogP contribution is 2.39. The van der Waals surface area contributed by atoms with E-state index in [1.165, 1.54) is 0 Å². The molecular formula is C24H29N3O3. The molecule has 158 valence electrons. The highest BCUT2D eigenvalue weighted by atomic mass is 16.5. The summed E-state index contributed by atoms with van der Waals surface area (Å²) in [6.45, 7) is 8.42. The Labute approximate surface area is 178 Å². The van der Waals surface area contributed by atoms with E-state index < -0.39 is 0 Å². The second-order valence-corrected chi connectivity index (χ2v) is 8.35. The molecule has 1 unspecified atom stereocenters. The molecule has 30 heavy (non-hydrogen) atoms. The molecule has 2 aromatic rings. The lowest BCUT2D eigenvalue weighted by Gasteiger charge is -2.41. The first-order valence-electron chi connectivity index (χ1n) is 10.5. The maximum absolute atomic E-state index is 12.6. The lowest BCUT2D eigenvalue weighted by atomic mass is 10.1. The maximum atomic E-state index is 12.6. The van der Waals surface area contributed by atoms with Crippen LogP contribution in [0.15, 0.2) is 47.5 Å². The van der Waals surface area contributed by atoms with Gasteiger partial charge in [0.1, 0.15) is 23.0 Å². The second-order valence-electron chi connectivity index (χ2n) is 8.35. The van der Waals surface area contributed by atoms with Crippen molar-refractivity contribution < 1.29 is 14.3 Å². The number of nitrogens with zero attached hydrogens (tertiary/aromatic N) is 3. The number of carbonyl (C=O) groups excluding carboxylic acids is 1. The molecule has 0 spiro atoms. The summed E-state index contributed by atoms with van der Waals surface area (Å²) >= 11 is 0. The molecule has 0 saturated carbocycles. The first-order chi connectivity index (χ1) is 14.5. The largest absolute Gasteiger partial charge is 0.497 e. The molecule has 4 rings (SSSR count). The number of hydrogen-bond acceptors (Lipinski definition) is 5. The van der Waals surface area contributed by atoms with E-state index in [0.29, 0.717) is 18.9 Å². The molecule has 0 aromatic heterocycles. The molecule has 1 atom stereocenters. The smallest absolute Gasteiger partial charge is 0.223 e. The molecule has 0 radical (unpaired) electrons. The normalized spacial score (nSPS) is 18.2. The molecular weight excluding hydrogens is 378 g/mol. The van der Waals surface area contributed by atoms with Crippen LogP contribution in [0, 0.1) is 5.92 Å². The van der Waals surface area contributed by atoms with Crippen molar-refractivity contribution in [3.63, 3.8) is 0 Å². The Bertz CT molecular complexity index is 970. The Hall–Kier alpha value is -3.02. The predicted octanol–water partition coefficient (Wildman–Crippen LogP) is 4.46. The summed E-state index contributed by atoms with van der Waals surface area (Å²) in [5.41, 5.74) is 1.70. The summed E-state index contributed by atoms with van der Waals surface area (Å²) < 4.78 is 11.7. The van der Waals surface area contributed by atoms with Gasteiger partial charge < -0.3 is 19.3 Å². The highest BCUT2D eigenvalue weighted by Gasteiger charge is 2.31. The summed E-state index contributed by atoms with van der Waals surface area (Å²) in [5, 5.41) is 0. The number of fused-ring (bicyclic) bond motifs is 2. The van der Waals surface area contributed by atoms with Gasteiger partial charge in [-0.3, -0.25) is 4.79 Å². The van der Waals surface area contributed by atoms with Crippen LogP contribution < -0.4 is 9.47 Å². The minimum atomic E-state index is 0.112. The first-order valence-corrected chi connectivity index (χ1v) is 10.5. The number of piperazine rings is 1. The van der Waals surface area contributed by atoms with E-state index >= 15 is 0 Å². The van der Waals surface area contributed by atoms with Gasteiger partial charge in [-0.05, 0) is 43.2 Å². The van der Waals surface area contributed by atoms with E-state index in [-0.39, 0.29) is 11.9 Å². The monoisotopic (exact) mass is 407 g/mol. The number of rotatable bonds is 3. The molecule has 0 N–H and O–H groups in total. The van der Waals surface area contributed by atoms with Crippen LogP contribution in [0.25, 0.3) is 0 Å². The average Bonchev–Trinajstić information content (AvgIpc) is 2.89. The fourth-order valence-corrected chi connectivity index (χ4v) is 4.06. The molecule has 0 aliphatic carbocycles. The number of ether oxygens (including phenoxy) is 2. The number of para-hydroxylation sites is 2. The summed E-state index contributed by atoms with van der Waals surface area (Å²) in [6.07, 6.45) is 0.590. The van der Waals surface area contributed by atoms with Crippen LogP contribution in [0.5, 0.6) is 17.2 Å². The molecule has 2 aliphatic heterocycles. The molecule has 2 aromatic carbocycles. The van der Waals surface area contributed by atoms with Crippen LogP contribution in [0.2, 0.25) is 0 Å². The van der Waals surface area contributed by atoms with E-state index in [1.54, 1.807) is 7.11 Å². The Balaban J connectivity index is 1.67. The topological polar surface area (TPSA) is 54.4 Å². The fraction of sp³-hybridized carbons (Fsp3) is 0.417. The number of amidine groups is 1. The van der Waals surface area contributed by atoms with Crippen molar-refractivity contribution >= 4 is 17.4 Å². The Kier molecular flexibility index (Phi) is 5.66. The van der Waals surface area contributed by atoms with Crippen LogP contribution in [0.1, 0.15) is 32.8 Å². The van der Waals surface area contributed by atoms with Crippen molar-refractivity contribution in [3.8, 4) is 17.2 Å². The number of carbonyl (C=O) groups is 1. The number of amides is 1. The molecule has 1 fully saturated rings. The molecule has 6 heteroatoms. The number of benzene rings is 2. The quantitative estimate of drug-likeness (QED) is 0.754. The van der Waals surface area contributed by atoms with Gasteiger partial charge in [-0.2, -0.15) is 0 Å². The van der Waals surface area contributed by atoms with Crippen molar-refractivity contribution in [2.75, 3.05) is 26.7 Å². The van der Waals surface area contributed by atoms with E-state index in [4.69, 9.17) is 14.5 Å². The van der Waals surface area contributed by atoms with Crippen molar-refractivity contribution in [1.29, 1.82) is 0 Å². The van der Waals surface area contributed by atoms with Crippen molar-refractivity contribution in [2.45, 2.75) is 33.2 Å². The van der Waals surface area contributed by atoms with Gasteiger partial charge in [0.05, 0.1) is 12.7 Å². The second kappa shape index (κ2) is 8.38. The third-order valence-corrected chi connectivity index (χ3v) is 5.57. The number of hydrogen-bond donors (Lipinski definition) is 0. The van der Waals surface area contributed by atoms with Gasteiger partial charge in [0.25, 0.3) is 0 Å². The molecule has 2 heterocycles. The minimum absolute atomic E-state index is 0.112. The van der Waals surface area contributed by atoms with E-state index in [9.17, 15) is 4.79 Å². The van der Waals surface area contributed by atoms with E-state index in [2.05, 4.69) is 25.7 Å². The average molecular weight is 408 g/mol. The van der Waals surface area contributed by atoms with Gasteiger partial charge in [0.15, 0.2) is 5.75 Å². The fourth-order valence-electron chi connectivity index (χ4n) is 4.06. The summed E-state index contributed by atoms with van der Waals surface area (Å²) in [7, 11) is 1.66. The van der Waals surface area contributed by atoms with E-state index in [0.717, 1.165) is 47.4 Å². The standard InChI is InChI=1S/C24H29N3O3/c1-16(2)13-23(28)27-12-11-26(15-17(27)3)24-19-14-18(29-4)9-10-21(19)30-22-8-6-5-7-20(22)25-24/h5-10,14,16-17H,11-13,15H2,1-4H3. The van der Waals surface area contributed by atoms with Crippen molar-refractivity contribution in [3.05, 3.63) is 48.0 Å². The molecule has 6 nitrogen and oxygen atoms in total. The van der Waals surface area contributed by atoms with Crippen molar-refractivity contribution in [1.82, 2.24) is 9.80 Å². The third kappa shape index (κ3) is 3.99. The summed E-state index contributed by atoms with van der Waals surface area (Å²) in [6, 6.07) is 13.7. The highest BCUT2D eigenvalue weighted by molar-refractivity contribution is 6.04. The summed E-state index contributed by atoms with van der Waals surface area (Å²) in [5.74, 6) is 3.70. The number of aliphatic imine (C=N–C) groups is 1. The number of methoxy groups -OCH3 is 1. The van der Waals surface area contributed by atoms with Crippen molar-refractivity contribution in [2.24, 2.45) is 10.9 Å². The Morgan fingerprint density at radius 3 is 2.73 bits per heavy atom. The van der Waals surface area contributed by atoms with Crippen LogP contribution in [-0.4, -0.2) is 54.3 Å². The zero-order valence-corrected chi connectivity index (χ0v) is 18.1. The molecule has 2 aliphatic rings. The van der Waals surface area contributed by atoms with Gasteiger partial charge in [-0.25, -0.2) is 4.99 Å². The maximum Gasteiger partial charge on any atom is 0.223 e. The lowest BCUT2D eigenvalue weighted by molar-refractivity contribution is -0.135. The van der Waals surface area contributed by atoms with Gasteiger partial charge in [-0.1, -0.05) is 26.0 Å². The van der Waals surface area contributed by atoms with Gasteiger partial charge in [-0.15, -0.1) is 0 Å². The zero-order chi connectivity index (χ0) is 21.3. The predicted molar refractivity (Wildman–Crippen MR) is 118 cm³/mol. The van der Waals surface area contributed by atoms with Gasteiger partial charge in [0, 0.05) is 32.1 Å². The summed E-state index contributed by atoms with van der Waals surface area (Å²) in [4.78, 5) is 21.9.